The Morgan fingerprint density at radius 2 is 2.00 bits per heavy atom. The normalized spacial score (nSPS) is 36.3. The van der Waals surface area contributed by atoms with Crippen LogP contribution in [0.2, 0.25) is 0 Å². The lowest BCUT2D eigenvalue weighted by Crippen LogP contribution is -2.37. The van der Waals surface area contributed by atoms with E-state index in [0.29, 0.717) is 0 Å². The molecule has 1 fully saturated rings. The first kappa shape index (κ1) is 7.07. The molecule has 2 unspecified atom stereocenters. The lowest BCUT2D eigenvalue weighted by Gasteiger charge is -2.30. The molecule has 1 saturated heterocycles. The fraction of sp³-hybridized carbons (Fsp3) is 0.556. The van der Waals surface area contributed by atoms with Crippen LogP contribution in [0.3, 0.4) is 0 Å². The van der Waals surface area contributed by atoms with E-state index in [0.717, 1.165) is 13.2 Å². The van der Waals surface area contributed by atoms with Crippen LogP contribution in [0.5, 0.6) is 0 Å². The molecule has 0 aromatic rings. The minimum Gasteiger partial charge on any atom is -0.369 e. The summed E-state index contributed by atoms with van der Waals surface area (Å²) >= 11 is 0. The van der Waals surface area contributed by atoms with Crippen LogP contribution in [0.1, 0.15) is 6.92 Å². The van der Waals surface area contributed by atoms with Gasteiger partial charge in [-0.2, -0.15) is 0 Å². The third-order valence-electron chi connectivity index (χ3n) is 2.00. The van der Waals surface area contributed by atoms with E-state index in [9.17, 15) is 0 Å². The number of fused-ring (bicyclic) bond motifs is 1. The molecule has 0 saturated carbocycles. The first-order valence-electron chi connectivity index (χ1n) is 3.96. The summed E-state index contributed by atoms with van der Waals surface area (Å²) in [7, 11) is 0. The van der Waals surface area contributed by atoms with Crippen LogP contribution in [0.15, 0.2) is 23.8 Å². The Labute approximate surface area is 66.5 Å². The summed E-state index contributed by atoms with van der Waals surface area (Å²) in [5.74, 6) is 0. The largest absolute Gasteiger partial charge is 0.369 e. The van der Waals surface area contributed by atoms with Crippen molar-refractivity contribution in [2.45, 2.75) is 19.1 Å². The molecule has 2 atom stereocenters. The van der Waals surface area contributed by atoms with E-state index in [-0.39, 0.29) is 12.2 Å². The van der Waals surface area contributed by atoms with Crippen molar-refractivity contribution in [3.8, 4) is 0 Å². The van der Waals surface area contributed by atoms with Gasteiger partial charge in [-0.3, -0.25) is 0 Å². The van der Waals surface area contributed by atoms with E-state index in [1.807, 2.05) is 0 Å². The predicted molar refractivity (Wildman–Crippen MR) is 42.4 cm³/mol. The smallest absolute Gasteiger partial charge is 0.106 e. The van der Waals surface area contributed by atoms with Gasteiger partial charge in [0.15, 0.2) is 0 Å². The average Bonchev–Trinajstić information content (AvgIpc) is 2.04. The van der Waals surface area contributed by atoms with Gasteiger partial charge in [-0.05, 0) is 6.92 Å². The molecule has 1 aliphatic heterocycles. The molecule has 2 rings (SSSR count). The quantitative estimate of drug-likeness (QED) is 0.520. The summed E-state index contributed by atoms with van der Waals surface area (Å²) < 4.78 is 11.0. The average molecular weight is 152 g/mol. The van der Waals surface area contributed by atoms with Gasteiger partial charge in [0.1, 0.15) is 12.2 Å². The molecule has 60 valence electrons. The number of rotatable bonds is 0. The number of allylic oxidation sites excluding steroid dienone is 2. The fourth-order valence-electron chi connectivity index (χ4n) is 1.43. The van der Waals surface area contributed by atoms with Crippen molar-refractivity contribution in [3.63, 3.8) is 0 Å². The van der Waals surface area contributed by atoms with Crippen molar-refractivity contribution < 1.29 is 9.47 Å². The molecule has 0 radical (unpaired) electrons. The maximum absolute atomic E-state index is 5.50. The van der Waals surface area contributed by atoms with E-state index >= 15 is 0 Å². The topological polar surface area (TPSA) is 18.5 Å². The number of hydrogen-bond acceptors (Lipinski definition) is 2. The Morgan fingerprint density at radius 1 is 1.27 bits per heavy atom. The lowest BCUT2D eigenvalue weighted by atomic mass is 10.0. The standard InChI is InChI=1S/C9H12O2/c1-7-2-3-8-9(6-7)11-5-4-10-8/h2-3,6,8-9H,4-5H2,1H3. The molecule has 1 aliphatic carbocycles. The van der Waals surface area contributed by atoms with E-state index in [1.165, 1.54) is 5.57 Å². The Hall–Kier alpha value is -0.600. The van der Waals surface area contributed by atoms with E-state index in [4.69, 9.17) is 9.47 Å². The summed E-state index contributed by atoms with van der Waals surface area (Å²) in [4.78, 5) is 0. The predicted octanol–water partition coefficient (Wildman–Crippen LogP) is 1.29. The van der Waals surface area contributed by atoms with Crippen LogP contribution in [-0.4, -0.2) is 25.4 Å². The highest BCUT2D eigenvalue weighted by molar-refractivity contribution is 5.25. The second-order valence-electron chi connectivity index (χ2n) is 2.94. The van der Waals surface area contributed by atoms with E-state index in [2.05, 4.69) is 25.2 Å². The fourth-order valence-corrected chi connectivity index (χ4v) is 1.43. The SMILES string of the molecule is CC1=CC2OCCOC2C=C1. The molecule has 2 nitrogen and oxygen atoms in total. The van der Waals surface area contributed by atoms with Gasteiger partial charge in [0.25, 0.3) is 0 Å². The molecule has 0 aromatic carbocycles. The molecule has 2 heteroatoms. The van der Waals surface area contributed by atoms with Crippen LogP contribution >= 0.6 is 0 Å². The van der Waals surface area contributed by atoms with Gasteiger partial charge in [0.2, 0.25) is 0 Å². The van der Waals surface area contributed by atoms with Crippen molar-refractivity contribution >= 4 is 0 Å². The highest BCUT2D eigenvalue weighted by Gasteiger charge is 2.24. The van der Waals surface area contributed by atoms with Gasteiger partial charge < -0.3 is 9.47 Å². The van der Waals surface area contributed by atoms with Crippen LogP contribution in [0.25, 0.3) is 0 Å². The Balaban J connectivity index is 2.13. The molecule has 2 aliphatic rings. The zero-order chi connectivity index (χ0) is 7.68. The zero-order valence-corrected chi connectivity index (χ0v) is 6.62. The maximum Gasteiger partial charge on any atom is 0.106 e. The Kier molecular flexibility index (Phi) is 1.80. The maximum atomic E-state index is 5.50. The van der Waals surface area contributed by atoms with Crippen molar-refractivity contribution in [3.05, 3.63) is 23.8 Å². The van der Waals surface area contributed by atoms with E-state index in [1.54, 1.807) is 0 Å². The van der Waals surface area contributed by atoms with Gasteiger partial charge in [0, 0.05) is 0 Å². The molecule has 0 aromatic heterocycles. The first-order chi connectivity index (χ1) is 5.36. The lowest BCUT2D eigenvalue weighted by molar-refractivity contribution is -0.102. The summed E-state index contributed by atoms with van der Waals surface area (Å²) in [6.07, 6.45) is 6.58. The Bertz CT molecular complexity index is 206. The van der Waals surface area contributed by atoms with Crippen LogP contribution in [0.4, 0.5) is 0 Å². The molecule has 11 heavy (non-hydrogen) atoms. The molecule has 0 amide bonds. The molecule has 1 heterocycles. The van der Waals surface area contributed by atoms with Gasteiger partial charge in [0.05, 0.1) is 13.2 Å². The van der Waals surface area contributed by atoms with Gasteiger partial charge in [-0.25, -0.2) is 0 Å². The summed E-state index contributed by atoms with van der Waals surface area (Å²) in [5, 5.41) is 0. The van der Waals surface area contributed by atoms with Gasteiger partial charge >= 0.3 is 0 Å². The zero-order valence-electron chi connectivity index (χ0n) is 6.62. The van der Waals surface area contributed by atoms with Crippen molar-refractivity contribution in [2.75, 3.05) is 13.2 Å². The minimum atomic E-state index is 0.160. The second kappa shape index (κ2) is 2.80. The summed E-state index contributed by atoms with van der Waals surface area (Å²) in [5.41, 5.74) is 1.26. The van der Waals surface area contributed by atoms with Gasteiger partial charge in [-0.15, -0.1) is 0 Å². The highest BCUT2D eigenvalue weighted by atomic mass is 16.6. The number of hydrogen-bond donors (Lipinski definition) is 0. The van der Waals surface area contributed by atoms with Gasteiger partial charge in [-0.1, -0.05) is 23.8 Å². The summed E-state index contributed by atoms with van der Waals surface area (Å²) in [6.45, 7) is 3.52. The second-order valence-corrected chi connectivity index (χ2v) is 2.94. The molecule has 0 spiro atoms. The first-order valence-corrected chi connectivity index (χ1v) is 3.96. The van der Waals surface area contributed by atoms with Crippen LogP contribution in [0, 0.1) is 0 Å². The van der Waals surface area contributed by atoms with Crippen LogP contribution in [-0.2, 0) is 9.47 Å². The molecular formula is C9H12O2. The molecular weight excluding hydrogens is 140 g/mol. The summed E-state index contributed by atoms with van der Waals surface area (Å²) in [6, 6.07) is 0. The van der Waals surface area contributed by atoms with Crippen molar-refractivity contribution in [1.29, 1.82) is 0 Å². The number of ether oxygens (including phenoxy) is 2. The minimum absolute atomic E-state index is 0.160. The third-order valence-corrected chi connectivity index (χ3v) is 2.00. The molecule has 0 bridgehead atoms. The van der Waals surface area contributed by atoms with Crippen molar-refractivity contribution in [1.82, 2.24) is 0 Å². The van der Waals surface area contributed by atoms with E-state index < -0.39 is 0 Å². The van der Waals surface area contributed by atoms with Crippen LogP contribution < -0.4 is 0 Å². The molecule has 0 N–H and O–H groups in total. The highest BCUT2D eigenvalue weighted by Crippen LogP contribution is 2.19. The van der Waals surface area contributed by atoms with Crippen molar-refractivity contribution in [2.24, 2.45) is 0 Å². The third kappa shape index (κ3) is 1.37. The Morgan fingerprint density at radius 3 is 2.82 bits per heavy atom. The monoisotopic (exact) mass is 152 g/mol.